The van der Waals surface area contributed by atoms with E-state index >= 15 is 0 Å². The van der Waals surface area contributed by atoms with Crippen molar-refractivity contribution in [2.75, 3.05) is 23.3 Å². The van der Waals surface area contributed by atoms with E-state index in [1.807, 2.05) is 24.3 Å². The Labute approximate surface area is 164 Å². The summed E-state index contributed by atoms with van der Waals surface area (Å²) in [6, 6.07) is 14.3. The number of nitrogens with one attached hydrogen (secondary N) is 1. The van der Waals surface area contributed by atoms with Crippen LogP contribution in [0, 0.1) is 5.82 Å². The lowest BCUT2D eigenvalue weighted by molar-refractivity contribution is -0.118. The highest BCUT2D eigenvalue weighted by Crippen LogP contribution is 2.28. The molecular weight excluding hydrogens is 357 g/mol. The Balaban J connectivity index is 1.34. The maximum absolute atomic E-state index is 13.1. The number of anilines is 2. The van der Waals surface area contributed by atoms with Crippen molar-refractivity contribution >= 4 is 23.2 Å². The van der Waals surface area contributed by atoms with Crippen molar-refractivity contribution in [1.29, 1.82) is 0 Å². The Morgan fingerprint density at radius 2 is 1.82 bits per heavy atom. The van der Waals surface area contributed by atoms with Gasteiger partial charge in [0.1, 0.15) is 5.82 Å². The minimum atomic E-state index is -0.251. The zero-order valence-electron chi connectivity index (χ0n) is 15.7. The molecule has 5 nitrogen and oxygen atoms in total. The standard InChI is InChI=1S/C22H24FN3O2/c23-17-5-3-16(4-6-17)14-25(19-11-12-19)15-21(27)24-18-7-9-20(10-8-18)26-13-1-2-22(26)28/h3-10,19H,1-2,11-15H2,(H,24,27). The second-order valence-electron chi connectivity index (χ2n) is 7.51. The Kier molecular flexibility index (Phi) is 5.39. The number of carbonyl (C=O) groups is 2. The number of hydrogen-bond donors (Lipinski definition) is 1. The Morgan fingerprint density at radius 1 is 1.11 bits per heavy atom. The minimum absolute atomic E-state index is 0.0704. The molecule has 1 N–H and O–H groups in total. The van der Waals surface area contributed by atoms with Gasteiger partial charge < -0.3 is 10.2 Å². The van der Waals surface area contributed by atoms with Gasteiger partial charge in [-0.15, -0.1) is 0 Å². The fourth-order valence-corrected chi connectivity index (χ4v) is 3.61. The van der Waals surface area contributed by atoms with Crippen molar-refractivity contribution in [3.05, 3.63) is 59.9 Å². The Hall–Kier alpha value is -2.73. The van der Waals surface area contributed by atoms with Crippen LogP contribution in [0.25, 0.3) is 0 Å². The molecule has 2 fully saturated rings. The van der Waals surface area contributed by atoms with E-state index in [2.05, 4.69) is 10.2 Å². The third-order valence-corrected chi connectivity index (χ3v) is 5.25. The molecule has 1 aliphatic carbocycles. The average molecular weight is 381 g/mol. The summed E-state index contributed by atoms with van der Waals surface area (Å²) in [5, 5.41) is 2.93. The highest BCUT2D eigenvalue weighted by Gasteiger charge is 2.30. The van der Waals surface area contributed by atoms with Crippen LogP contribution in [0.5, 0.6) is 0 Å². The first kappa shape index (κ1) is 18.6. The van der Waals surface area contributed by atoms with Crippen molar-refractivity contribution in [1.82, 2.24) is 4.90 Å². The van der Waals surface area contributed by atoms with Gasteiger partial charge in [-0.25, -0.2) is 4.39 Å². The molecule has 146 valence electrons. The molecule has 28 heavy (non-hydrogen) atoms. The molecule has 1 heterocycles. The fraction of sp³-hybridized carbons (Fsp3) is 0.364. The van der Waals surface area contributed by atoms with Gasteiger partial charge in [-0.1, -0.05) is 12.1 Å². The van der Waals surface area contributed by atoms with Crippen LogP contribution in [0.4, 0.5) is 15.8 Å². The lowest BCUT2D eigenvalue weighted by Gasteiger charge is -2.21. The molecule has 1 saturated heterocycles. The number of rotatable bonds is 7. The van der Waals surface area contributed by atoms with Crippen LogP contribution in [0.3, 0.4) is 0 Å². The van der Waals surface area contributed by atoms with E-state index in [0.29, 0.717) is 25.6 Å². The minimum Gasteiger partial charge on any atom is -0.325 e. The third-order valence-electron chi connectivity index (χ3n) is 5.25. The van der Waals surface area contributed by atoms with Crippen LogP contribution in [0.1, 0.15) is 31.2 Å². The van der Waals surface area contributed by atoms with E-state index in [1.165, 1.54) is 12.1 Å². The van der Waals surface area contributed by atoms with Crippen LogP contribution in [0.2, 0.25) is 0 Å². The summed E-state index contributed by atoms with van der Waals surface area (Å²) in [5.74, 6) is -0.171. The van der Waals surface area contributed by atoms with Crippen LogP contribution in [-0.2, 0) is 16.1 Å². The monoisotopic (exact) mass is 381 g/mol. The van der Waals surface area contributed by atoms with Crippen LogP contribution in [-0.4, -0.2) is 35.8 Å². The predicted molar refractivity (Wildman–Crippen MR) is 106 cm³/mol. The fourth-order valence-electron chi connectivity index (χ4n) is 3.61. The Morgan fingerprint density at radius 3 is 2.43 bits per heavy atom. The summed E-state index contributed by atoms with van der Waals surface area (Å²) >= 11 is 0. The zero-order valence-corrected chi connectivity index (χ0v) is 15.7. The van der Waals surface area contributed by atoms with Gasteiger partial charge in [0.2, 0.25) is 11.8 Å². The maximum Gasteiger partial charge on any atom is 0.238 e. The van der Waals surface area contributed by atoms with E-state index in [-0.39, 0.29) is 17.6 Å². The first-order chi connectivity index (χ1) is 13.6. The molecule has 2 aliphatic rings. The van der Waals surface area contributed by atoms with E-state index < -0.39 is 0 Å². The molecule has 4 rings (SSSR count). The number of halogens is 1. The van der Waals surface area contributed by atoms with Crippen molar-refractivity contribution in [3.63, 3.8) is 0 Å². The molecule has 6 heteroatoms. The summed E-state index contributed by atoms with van der Waals surface area (Å²) in [4.78, 5) is 28.3. The topological polar surface area (TPSA) is 52.7 Å². The molecule has 2 aromatic carbocycles. The second kappa shape index (κ2) is 8.10. The van der Waals surface area contributed by atoms with Gasteiger partial charge in [-0.05, 0) is 61.2 Å². The van der Waals surface area contributed by atoms with Gasteiger partial charge in [0.15, 0.2) is 0 Å². The van der Waals surface area contributed by atoms with Crippen molar-refractivity contribution in [2.24, 2.45) is 0 Å². The highest BCUT2D eigenvalue weighted by molar-refractivity contribution is 5.96. The number of hydrogen-bond acceptors (Lipinski definition) is 3. The van der Waals surface area contributed by atoms with Crippen molar-refractivity contribution in [2.45, 2.75) is 38.3 Å². The molecule has 0 bridgehead atoms. The van der Waals surface area contributed by atoms with Gasteiger partial charge in [0, 0.05) is 36.9 Å². The van der Waals surface area contributed by atoms with Gasteiger partial charge in [0.25, 0.3) is 0 Å². The summed E-state index contributed by atoms with van der Waals surface area (Å²) in [7, 11) is 0. The first-order valence-electron chi connectivity index (χ1n) is 9.77. The summed E-state index contributed by atoms with van der Waals surface area (Å²) in [6.45, 7) is 1.69. The van der Waals surface area contributed by atoms with Crippen LogP contribution in [0.15, 0.2) is 48.5 Å². The number of nitrogens with zero attached hydrogens (tertiary/aromatic N) is 2. The number of carbonyl (C=O) groups excluding carboxylic acids is 2. The molecular formula is C22H24FN3O2. The average Bonchev–Trinajstić information content (AvgIpc) is 3.45. The lowest BCUT2D eigenvalue weighted by Crippen LogP contribution is -2.34. The van der Waals surface area contributed by atoms with Crippen LogP contribution < -0.4 is 10.2 Å². The normalized spacial score (nSPS) is 16.6. The third kappa shape index (κ3) is 4.57. The van der Waals surface area contributed by atoms with Gasteiger partial charge in [-0.3, -0.25) is 14.5 Å². The summed E-state index contributed by atoms with van der Waals surface area (Å²) < 4.78 is 13.1. The molecule has 2 amide bonds. The molecule has 0 atom stereocenters. The number of benzene rings is 2. The van der Waals surface area contributed by atoms with E-state index in [4.69, 9.17) is 0 Å². The second-order valence-corrected chi connectivity index (χ2v) is 7.51. The van der Waals surface area contributed by atoms with Crippen LogP contribution >= 0.6 is 0 Å². The smallest absolute Gasteiger partial charge is 0.238 e. The quantitative estimate of drug-likeness (QED) is 0.798. The molecule has 1 aliphatic heterocycles. The largest absolute Gasteiger partial charge is 0.325 e. The lowest BCUT2D eigenvalue weighted by atomic mass is 10.2. The highest BCUT2D eigenvalue weighted by atomic mass is 19.1. The van der Waals surface area contributed by atoms with Gasteiger partial charge in [-0.2, -0.15) is 0 Å². The maximum atomic E-state index is 13.1. The van der Waals surface area contributed by atoms with Gasteiger partial charge in [0.05, 0.1) is 6.54 Å². The molecule has 0 spiro atoms. The molecule has 0 aromatic heterocycles. The van der Waals surface area contributed by atoms with Crippen molar-refractivity contribution < 1.29 is 14.0 Å². The SMILES string of the molecule is O=C(CN(Cc1ccc(F)cc1)C1CC1)Nc1ccc(N2CCCC2=O)cc1. The molecule has 1 saturated carbocycles. The summed E-state index contributed by atoms with van der Waals surface area (Å²) in [5.41, 5.74) is 2.59. The first-order valence-corrected chi connectivity index (χ1v) is 9.77. The van der Waals surface area contributed by atoms with E-state index in [9.17, 15) is 14.0 Å². The van der Waals surface area contributed by atoms with E-state index in [0.717, 1.165) is 42.7 Å². The summed E-state index contributed by atoms with van der Waals surface area (Å²) in [6.07, 6.45) is 3.67. The molecule has 0 unspecified atom stereocenters. The molecule has 2 aromatic rings. The zero-order chi connectivity index (χ0) is 19.5. The Bertz CT molecular complexity index is 847. The number of amides is 2. The molecule has 0 radical (unpaired) electrons. The van der Waals surface area contributed by atoms with E-state index in [1.54, 1.807) is 17.0 Å². The van der Waals surface area contributed by atoms with Crippen molar-refractivity contribution in [3.8, 4) is 0 Å². The predicted octanol–water partition coefficient (Wildman–Crippen LogP) is 3.56. The van der Waals surface area contributed by atoms with Gasteiger partial charge >= 0.3 is 0 Å².